The summed E-state index contributed by atoms with van der Waals surface area (Å²) < 4.78 is 5.41. The van der Waals surface area contributed by atoms with E-state index in [0.29, 0.717) is 18.5 Å². The Morgan fingerprint density at radius 3 is 2.74 bits per heavy atom. The third kappa shape index (κ3) is 5.01. The highest BCUT2D eigenvalue weighted by molar-refractivity contribution is 8.14. The number of thioether (sulfide) groups is 2. The molecule has 1 saturated heterocycles. The molecule has 2 aliphatic heterocycles. The van der Waals surface area contributed by atoms with Crippen LogP contribution in [-0.4, -0.2) is 56.2 Å². The molecule has 1 aromatic rings. The molecule has 2 atom stereocenters. The van der Waals surface area contributed by atoms with Crippen LogP contribution in [0.4, 0.5) is 10.5 Å². The van der Waals surface area contributed by atoms with E-state index in [1.54, 1.807) is 28.8 Å². The number of hydrogen-bond donors (Lipinski definition) is 0. The van der Waals surface area contributed by atoms with E-state index in [1.165, 1.54) is 30.8 Å². The van der Waals surface area contributed by atoms with Gasteiger partial charge in [0.15, 0.2) is 5.12 Å². The molecule has 1 amide bonds. The maximum Gasteiger partial charge on any atom is 0.410 e. The molecular formula is C17H19N3O5S2. The Labute approximate surface area is 164 Å². The van der Waals surface area contributed by atoms with E-state index in [-0.39, 0.29) is 28.7 Å². The lowest BCUT2D eigenvalue weighted by molar-refractivity contribution is -0.384. The van der Waals surface area contributed by atoms with Crippen LogP contribution in [0, 0.1) is 10.1 Å². The van der Waals surface area contributed by atoms with Crippen LogP contribution in [0.2, 0.25) is 0 Å². The Morgan fingerprint density at radius 2 is 2.15 bits per heavy atom. The van der Waals surface area contributed by atoms with Crippen molar-refractivity contribution in [1.29, 1.82) is 0 Å². The van der Waals surface area contributed by atoms with E-state index in [1.807, 2.05) is 0 Å². The summed E-state index contributed by atoms with van der Waals surface area (Å²) in [7, 11) is 0. The number of rotatable bonds is 5. The Bertz CT molecular complexity index is 768. The van der Waals surface area contributed by atoms with Crippen molar-refractivity contribution in [3.05, 3.63) is 39.9 Å². The first-order valence-electron chi connectivity index (χ1n) is 8.45. The normalized spacial score (nSPS) is 21.8. The highest BCUT2D eigenvalue weighted by atomic mass is 32.2. The van der Waals surface area contributed by atoms with Gasteiger partial charge in [-0.3, -0.25) is 24.8 Å². The summed E-state index contributed by atoms with van der Waals surface area (Å²) in [4.78, 5) is 40.4. The van der Waals surface area contributed by atoms with Crippen LogP contribution in [0.5, 0.6) is 0 Å². The van der Waals surface area contributed by atoms with Crippen molar-refractivity contribution in [2.75, 3.05) is 18.8 Å². The molecule has 0 saturated carbocycles. The number of nitrogens with zero attached hydrogens (tertiary/aromatic N) is 3. The van der Waals surface area contributed by atoms with Crippen LogP contribution in [0.15, 0.2) is 29.3 Å². The van der Waals surface area contributed by atoms with Gasteiger partial charge in [0.05, 0.1) is 16.0 Å². The summed E-state index contributed by atoms with van der Waals surface area (Å²) in [6.07, 6.45) is 0.225. The smallest absolute Gasteiger partial charge is 0.410 e. The SMILES string of the molecule is CC(=O)S[C@H]1C[C@@H](C2=NCCS2)N(C(=O)OCc2ccc([N+](=O)[O-])cc2)C1. The summed E-state index contributed by atoms with van der Waals surface area (Å²) in [6.45, 7) is 2.74. The van der Waals surface area contributed by atoms with E-state index in [0.717, 1.165) is 17.3 Å². The summed E-state index contributed by atoms with van der Waals surface area (Å²) in [6, 6.07) is 5.74. The van der Waals surface area contributed by atoms with Crippen molar-refractivity contribution >= 4 is 45.5 Å². The number of hydrogen-bond acceptors (Lipinski definition) is 8. The molecule has 8 nitrogen and oxygen atoms in total. The van der Waals surface area contributed by atoms with E-state index >= 15 is 0 Å². The topological polar surface area (TPSA) is 102 Å². The predicted molar refractivity (Wildman–Crippen MR) is 105 cm³/mol. The molecule has 0 unspecified atom stereocenters. The van der Waals surface area contributed by atoms with E-state index < -0.39 is 11.0 Å². The summed E-state index contributed by atoms with van der Waals surface area (Å²) in [5.41, 5.74) is 0.664. The Hall–Kier alpha value is -2.07. The zero-order valence-corrected chi connectivity index (χ0v) is 16.3. The molecule has 2 heterocycles. The summed E-state index contributed by atoms with van der Waals surface area (Å²) in [5, 5.41) is 11.7. The molecule has 0 radical (unpaired) electrons. The monoisotopic (exact) mass is 409 g/mol. The van der Waals surface area contributed by atoms with Gasteiger partial charge in [0.2, 0.25) is 0 Å². The summed E-state index contributed by atoms with van der Waals surface area (Å²) in [5.74, 6) is 0.905. The van der Waals surface area contributed by atoms with Gasteiger partial charge >= 0.3 is 6.09 Å². The maximum atomic E-state index is 12.6. The molecule has 27 heavy (non-hydrogen) atoms. The highest BCUT2D eigenvalue weighted by Gasteiger charge is 2.40. The average molecular weight is 409 g/mol. The molecule has 0 spiro atoms. The van der Waals surface area contributed by atoms with Crippen molar-refractivity contribution in [3.8, 4) is 0 Å². The van der Waals surface area contributed by atoms with Gasteiger partial charge in [-0.15, -0.1) is 11.8 Å². The fraction of sp³-hybridized carbons (Fsp3) is 0.471. The molecule has 0 aromatic heterocycles. The van der Waals surface area contributed by atoms with Gasteiger partial charge in [0.1, 0.15) is 6.61 Å². The second kappa shape index (κ2) is 8.75. The second-order valence-electron chi connectivity index (χ2n) is 6.18. The molecule has 0 N–H and O–H groups in total. The first kappa shape index (κ1) is 19.7. The second-order valence-corrected chi connectivity index (χ2v) is 8.77. The lowest BCUT2D eigenvalue weighted by Gasteiger charge is -2.23. The average Bonchev–Trinajstić information content (AvgIpc) is 3.29. The number of nitro benzene ring substituents is 1. The molecular weight excluding hydrogens is 390 g/mol. The molecule has 1 fully saturated rings. The van der Waals surface area contributed by atoms with Gasteiger partial charge in [-0.25, -0.2) is 4.79 Å². The maximum absolute atomic E-state index is 12.6. The fourth-order valence-corrected chi connectivity index (χ4v) is 5.02. The van der Waals surface area contributed by atoms with Crippen molar-refractivity contribution < 1.29 is 19.2 Å². The van der Waals surface area contributed by atoms with Crippen LogP contribution < -0.4 is 0 Å². The largest absolute Gasteiger partial charge is 0.445 e. The van der Waals surface area contributed by atoms with Gasteiger partial charge < -0.3 is 4.74 Å². The molecule has 144 valence electrons. The Kier molecular flexibility index (Phi) is 6.38. The number of aliphatic imine (C=N–C) groups is 1. The predicted octanol–water partition coefficient (Wildman–Crippen LogP) is 3.10. The first-order valence-corrected chi connectivity index (χ1v) is 10.3. The first-order chi connectivity index (χ1) is 12.9. The van der Waals surface area contributed by atoms with Gasteiger partial charge in [0, 0.05) is 43.1 Å². The lowest BCUT2D eigenvalue weighted by atomic mass is 10.2. The Morgan fingerprint density at radius 1 is 1.41 bits per heavy atom. The third-order valence-electron chi connectivity index (χ3n) is 4.23. The molecule has 0 bridgehead atoms. The molecule has 1 aromatic carbocycles. The minimum absolute atomic E-state index is 0.00921. The highest BCUT2D eigenvalue weighted by Crippen LogP contribution is 2.33. The van der Waals surface area contributed by atoms with Gasteiger partial charge in [-0.2, -0.15) is 0 Å². The number of non-ortho nitro benzene ring substituents is 1. The van der Waals surface area contributed by atoms with Crippen LogP contribution in [0.1, 0.15) is 18.9 Å². The number of amides is 1. The van der Waals surface area contributed by atoms with Crippen LogP contribution in [0.25, 0.3) is 0 Å². The minimum atomic E-state index is -0.475. The van der Waals surface area contributed by atoms with Crippen molar-refractivity contribution in [3.63, 3.8) is 0 Å². The molecule has 3 rings (SSSR count). The van der Waals surface area contributed by atoms with E-state index in [4.69, 9.17) is 4.74 Å². The number of nitro groups is 1. The summed E-state index contributed by atoms with van der Waals surface area (Å²) >= 11 is 2.89. The van der Waals surface area contributed by atoms with Gasteiger partial charge in [-0.1, -0.05) is 11.8 Å². The lowest BCUT2D eigenvalue weighted by Crippen LogP contribution is -2.39. The van der Waals surface area contributed by atoms with Crippen LogP contribution in [-0.2, 0) is 16.1 Å². The third-order valence-corrected chi connectivity index (χ3v) is 6.32. The molecule has 2 aliphatic rings. The van der Waals surface area contributed by atoms with Crippen molar-refractivity contribution in [2.24, 2.45) is 4.99 Å². The standard InChI is InChI=1S/C17H19N3O5S2/c1-11(21)27-14-8-15(16-18-6-7-26-16)19(9-14)17(22)25-10-12-2-4-13(5-3-12)20(23)24/h2-5,14-15H,6-10H2,1H3/t14-,15-/m0/s1. The van der Waals surface area contributed by atoms with Crippen molar-refractivity contribution in [1.82, 2.24) is 4.90 Å². The van der Waals surface area contributed by atoms with Gasteiger partial charge in [0.25, 0.3) is 5.69 Å². The van der Waals surface area contributed by atoms with E-state index in [9.17, 15) is 19.7 Å². The quantitative estimate of drug-likeness (QED) is 0.544. The zero-order chi connectivity index (χ0) is 19.4. The van der Waals surface area contributed by atoms with Crippen LogP contribution >= 0.6 is 23.5 Å². The van der Waals surface area contributed by atoms with Crippen molar-refractivity contribution in [2.45, 2.75) is 31.2 Å². The van der Waals surface area contributed by atoms with Gasteiger partial charge in [-0.05, 0) is 24.1 Å². The number of benzene rings is 1. The number of carbonyl (C=O) groups is 2. The fourth-order valence-electron chi connectivity index (χ4n) is 3.05. The van der Waals surface area contributed by atoms with Crippen LogP contribution in [0.3, 0.4) is 0 Å². The molecule has 10 heteroatoms. The number of ether oxygens (including phenoxy) is 1. The molecule has 0 aliphatic carbocycles. The number of carbonyl (C=O) groups excluding carboxylic acids is 2. The van der Waals surface area contributed by atoms with E-state index in [2.05, 4.69) is 4.99 Å². The Balaban J connectivity index is 1.63. The number of likely N-dealkylation sites (tertiary alicyclic amines) is 1. The minimum Gasteiger partial charge on any atom is -0.445 e. The zero-order valence-electron chi connectivity index (χ0n) is 14.7.